The zero-order chi connectivity index (χ0) is 10.7. The van der Waals surface area contributed by atoms with Gasteiger partial charge < -0.3 is 0 Å². The van der Waals surface area contributed by atoms with Crippen LogP contribution in [-0.4, -0.2) is 5.12 Å². The van der Waals surface area contributed by atoms with E-state index in [1.807, 2.05) is 36.4 Å². The second kappa shape index (κ2) is 4.70. The molecule has 0 radical (unpaired) electrons. The molecule has 0 amide bonds. The molecule has 15 heavy (non-hydrogen) atoms. The molecule has 0 saturated heterocycles. The molecule has 0 N–H and O–H groups in total. The van der Waals surface area contributed by atoms with Crippen molar-refractivity contribution >= 4 is 40.8 Å². The Morgan fingerprint density at radius 1 is 1.13 bits per heavy atom. The van der Waals surface area contributed by atoms with Crippen molar-refractivity contribution in [3.8, 4) is 0 Å². The molecular formula is C11H8O2S2. The van der Waals surface area contributed by atoms with E-state index in [9.17, 15) is 4.79 Å². The molecule has 0 fully saturated rings. The van der Waals surface area contributed by atoms with E-state index in [-0.39, 0.29) is 5.12 Å². The largest absolute Gasteiger partial charge is 0.279 e. The summed E-state index contributed by atoms with van der Waals surface area (Å²) in [4.78, 5) is 11.5. The van der Waals surface area contributed by atoms with Crippen molar-refractivity contribution in [3.63, 3.8) is 0 Å². The molecule has 0 unspecified atom stereocenters. The van der Waals surface area contributed by atoms with E-state index in [4.69, 9.17) is 0 Å². The minimum atomic E-state index is -0.143. The molecule has 76 valence electrons. The number of benzene rings is 2. The third-order valence-electron chi connectivity index (χ3n) is 2.10. The van der Waals surface area contributed by atoms with Crippen molar-refractivity contribution in [1.29, 1.82) is 0 Å². The van der Waals surface area contributed by atoms with Gasteiger partial charge in [-0.05, 0) is 35.8 Å². The van der Waals surface area contributed by atoms with Crippen molar-refractivity contribution in [2.75, 3.05) is 0 Å². The Morgan fingerprint density at radius 3 is 2.60 bits per heavy atom. The van der Waals surface area contributed by atoms with Gasteiger partial charge in [-0.15, -0.1) is 0 Å². The Balaban J connectivity index is 2.42. The summed E-state index contributed by atoms with van der Waals surface area (Å²) in [7, 11) is 0. The number of carbonyl (C=O) groups is 1. The molecule has 4 heteroatoms. The first kappa shape index (κ1) is 10.5. The summed E-state index contributed by atoms with van der Waals surface area (Å²) >= 11 is 4.24. The number of fused-ring (bicyclic) bond motifs is 1. The number of hydrogen-bond acceptors (Lipinski definition) is 4. The fraction of sp³-hybridized carbons (Fsp3) is 0. The zero-order valence-electron chi connectivity index (χ0n) is 7.71. The van der Waals surface area contributed by atoms with Gasteiger partial charge in [0.2, 0.25) is 5.12 Å². The van der Waals surface area contributed by atoms with Gasteiger partial charge in [-0.3, -0.25) is 4.79 Å². The van der Waals surface area contributed by atoms with E-state index in [1.54, 1.807) is 6.07 Å². The van der Waals surface area contributed by atoms with Crippen LogP contribution in [0.3, 0.4) is 0 Å². The molecule has 0 aromatic heterocycles. The molecule has 0 aliphatic carbocycles. The van der Waals surface area contributed by atoms with Gasteiger partial charge in [0, 0.05) is 5.56 Å². The minimum absolute atomic E-state index is 0.143. The average Bonchev–Trinajstić information content (AvgIpc) is 2.29. The number of rotatable bonds is 2. The lowest BCUT2D eigenvalue weighted by atomic mass is 10.1. The lowest BCUT2D eigenvalue weighted by molar-refractivity contribution is 0.108. The van der Waals surface area contributed by atoms with Gasteiger partial charge in [-0.25, -0.2) is 3.63 Å². The van der Waals surface area contributed by atoms with E-state index in [2.05, 4.69) is 16.5 Å². The van der Waals surface area contributed by atoms with E-state index >= 15 is 0 Å². The maximum atomic E-state index is 11.5. The summed E-state index contributed by atoms with van der Waals surface area (Å²) in [6, 6.07) is 13.4. The van der Waals surface area contributed by atoms with Gasteiger partial charge in [0.1, 0.15) is 0 Å². The predicted molar refractivity (Wildman–Crippen MR) is 65.9 cm³/mol. The van der Waals surface area contributed by atoms with Crippen molar-refractivity contribution in [1.82, 2.24) is 0 Å². The van der Waals surface area contributed by atoms with Gasteiger partial charge in [-0.1, -0.05) is 30.3 Å². The Hall–Kier alpha value is -0.970. The highest BCUT2D eigenvalue weighted by molar-refractivity contribution is 8.14. The second-order valence-corrected chi connectivity index (χ2v) is 4.14. The smallest absolute Gasteiger partial charge is 0.247 e. The maximum Gasteiger partial charge on any atom is 0.247 e. The van der Waals surface area contributed by atoms with E-state index in [0.717, 1.165) is 22.8 Å². The lowest BCUT2D eigenvalue weighted by Gasteiger charge is -2.00. The molecular weight excluding hydrogens is 228 g/mol. The normalized spacial score (nSPS) is 10.5. The van der Waals surface area contributed by atoms with Crippen molar-refractivity contribution in [3.05, 3.63) is 48.0 Å². The third-order valence-corrected chi connectivity index (χ3v) is 2.78. The quantitative estimate of drug-likeness (QED) is 0.638. The topological polar surface area (TPSA) is 26.3 Å². The van der Waals surface area contributed by atoms with Gasteiger partial charge in [-0.2, -0.15) is 0 Å². The molecule has 0 aliphatic rings. The van der Waals surface area contributed by atoms with E-state index in [0.29, 0.717) is 5.56 Å². The highest BCUT2D eigenvalue weighted by Gasteiger charge is 2.07. The predicted octanol–water partition coefficient (Wildman–Crippen LogP) is 3.49. The second-order valence-electron chi connectivity index (χ2n) is 3.01. The number of thiol groups is 1. The van der Waals surface area contributed by atoms with Crippen LogP contribution in [0.1, 0.15) is 10.4 Å². The molecule has 0 atom stereocenters. The van der Waals surface area contributed by atoms with Crippen LogP contribution >= 0.6 is 25.0 Å². The fourth-order valence-electron chi connectivity index (χ4n) is 1.40. The average molecular weight is 236 g/mol. The van der Waals surface area contributed by atoms with Crippen LogP contribution < -0.4 is 0 Å². The van der Waals surface area contributed by atoms with Crippen LogP contribution in [0.15, 0.2) is 42.5 Å². The van der Waals surface area contributed by atoms with Crippen LogP contribution in [0.25, 0.3) is 10.8 Å². The van der Waals surface area contributed by atoms with E-state index < -0.39 is 0 Å². The summed E-state index contributed by atoms with van der Waals surface area (Å²) in [6.07, 6.45) is 0. The molecule has 0 saturated carbocycles. The molecule has 2 aromatic rings. The molecule has 0 bridgehead atoms. The molecule has 0 heterocycles. The van der Waals surface area contributed by atoms with Crippen LogP contribution in [0.4, 0.5) is 0 Å². The molecule has 0 aliphatic heterocycles. The summed E-state index contributed by atoms with van der Waals surface area (Å²) < 4.78 is 4.43. The Kier molecular flexibility index (Phi) is 3.30. The van der Waals surface area contributed by atoms with Crippen molar-refractivity contribution in [2.45, 2.75) is 0 Å². The summed E-state index contributed by atoms with van der Waals surface area (Å²) in [5.74, 6) is 0. The molecule has 2 nitrogen and oxygen atoms in total. The first-order valence-electron chi connectivity index (χ1n) is 4.32. The Morgan fingerprint density at radius 2 is 1.87 bits per heavy atom. The van der Waals surface area contributed by atoms with Gasteiger partial charge in [0.15, 0.2) is 0 Å². The van der Waals surface area contributed by atoms with Gasteiger partial charge in [0.25, 0.3) is 0 Å². The molecule has 0 spiro atoms. The number of hydrogen-bond donors (Lipinski definition) is 1. The van der Waals surface area contributed by atoms with Crippen LogP contribution in [0.2, 0.25) is 0 Å². The first-order valence-corrected chi connectivity index (χ1v) is 5.43. The monoisotopic (exact) mass is 236 g/mol. The number of carbonyl (C=O) groups excluding carboxylic acids is 1. The van der Waals surface area contributed by atoms with Gasteiger partial charge in [0.05, 0.1) is 12.0 Å². The third kappa shape index (κ3) is 2.34. The van der Waals surface area contributed by atoms with E-state index in [1.165, 1.54) is 0 Å². The van der Waals surface area contributed by atoms with Crippen molar-refractivity contribution < 1.29 is 8.42 Å². The molecule has 2 aromatic carbocycles. The first-order chi connectivity index (χ1) is 7.31. The fourth-order valence-corrected chi connectivity index (χ4v) is 1.89. The summed E-state index contributed by atoms with van der Waals surface area (Å²) in [5, 5.41) is 2.02. The highest BCUT2D eigenvalue weighted by atomic mass is 32.2. The van der Waals surface area contributed by atoms with Crippen LogP contribution in [-0.2, 0) is 3.63 Å². The summed E-state index contributed by atoms with van der Waals surface area (Å²) in [6.45, 7) is 0. The molecule has 2 rings (SSSR count). The van der Waals surface area contributed by atoms with Crippen LogP contribution in [0.5, 0.6) is 0 Å². The highest BCUT2D eigenvalue weighted by Crippen LogP contribution is 2.20. The maximum absolute atomic E-state index is 11.5. The summed E-state index contributed by atoms with van der Waals surface area (Å²) in [5.41, 5.74) is 0.618. The van der Waals surface area contributed by atoms with Crippen LogP contribution in [0, 0.1) is 0 Å². The van der Waals surface area contributed by atoms with Gasteiger partial charge >= 0.3 is 0 Å². The minimum Gasteiger partial charge on any atom is -0.279 e. The zero-order valence-corrected chi connectivity index (χ0v) is 9.42. The standard InChI is InChI=1S/C11H8O2S2/c12-11(15-13-14)10-6-5-8-3-1-2-4-9(8)7-10/h1-7,14H. The van der Waals surface area contributed by atoms with Crippen molar-refractivity contribution in [2.24, 2.45) is 0 Å². The lowest BCUT2D eigenvalue weighted by Crippen LogP contribution is -1.91. The Labute approximate surface area is 97.4 Å². The Bertz CT molecular complexity index is 497. The SMILES string of the molecule is O=C(SOS)c1ccc2ccccc2c1.